The number of benzene rings is 1. The van der Waals surface area contributed by atoms with E-state index in [1.54, 1.807) is 6.20 Å². The van der Waals surface area contributed by atoms with Crippen molar-refractivity contribution in [1.29, 1.82) is 0 Å². The van der Waals surface area contributed by atoms with Crippen LogP contribution >= 0.6 is 11.3 Å². The lowest BCUT2D eigenvalue weighted by molar-refractivity contribution is 0.104. The number of aromatic amines is 1. The zero-order chi connectivity index (χ0) is 12.5. The van der Waals surface area contributed by atoms with E-state index in [4.69, 9.17) is 5.73 Å². The molecule has 0 aliphatic carbocycles. The number of aromatic nitrogens is 2. The number of nitrogens with zero attached hydrogens (tertiary/aromatic N) is 1. The van der Waals surface area contributed by atoms with E-state index in [9.17, 15) is 4.79 Å². The van der Waals surface area contributed by atoms with Gasteiger partial charge in [-0.1, -0.05) is 18.2 Å². The first-order valence-corrected chi connectivity index (χ1v) is 6.43. The average molecular weight is 257 g/mol. The molecular formula is C13H11N3OS. The van der Waals surface area contributed by atoms with Crippen molar-refractivity contribution in [2.45, 2.75) is 6.54 Å². The van der Waals surface area contributed by atoms with Crippen LogP contribution in [0.25, 0.3) is 10.9 Å². The molecule has 2 heterocycles. The molecule has 0 aliphatic heterocycles. The molecule has 18 heavy (non-hydrogen) atoms. The smallest absolute Gasteiger partial charge is 0.223 e. The van der Waals surface area contributed by atoms with Gasteiger partial charge < -0.3 is 10.7 Å². The predicted octanol–water partition coefficient (Wildman–Crippen LogP) is 2.31. The number of nitrogens with two attached hydrogens (primary N) is 1. The molecule has 0 atom stereocenters. The standard InChI is InChI=1S/C13H11N3OS/c14-5-8-7-18-13(16-8)12(17)10-6-15-11-4-2-1-3-9(10)11/h1-4,6-7,15H,5,14H2. The van der Waals surface area contributed by atoms with Crippen LogP contribution in [-0.4, -0.2) is 15.8 Å². The van der Waals surface area contributed by atoms with E-state index in [-0.39, 0.29) is 5.78 Å². The second-order valence-electron chi connectivity index (χ2n) is 3.93. The minimum Gasteiger partial charge on any atom is -0.360 e. The summed E-state index contributed by atoms with van der Waals surface area (Å²) in [5.41, 5.74) is 7.86. The predicted molar refractivity (Wildman–Crippen MR) is 71.7 cm³/mol. The van der Waals surface area contributed by atoms with Crippen molar-refractivity contribution in [2.75, 3.05) is 0 Å². The summed E-state index contributed by atoms with van der Waals surface area (Å²) in [5.74, 6) is -0.0582. The van der Waals surface area contributed by atoms with E-state index in [0.717, 1.165) is 16.6 Å². The third-order valence-corrected chi connectivity index (χ3v) is 3.68. The number of ketones is 1. The topological polar surface area (TPSA) is 71.8 Å². The number of hydrogen-bond donors (Lipinski definition) is 2. The summed E-state index contributed by atoms with van der Waals surface area (Å²) in [5, 5.41) is 3.23. The number of para-hydroxylation sites is 1. The molecule has 0 saturated carbocycles. The summed E-state index contributed by atoms with van der Waals surface area (Å²) in [7, 11) is 0. The SMILES string of the molecule is NCc1csc(C(=O)c2c[nH]c3ccccc23)n1. The molecule has 1 aromatic carbocycles. The molecule has 90 valence electrons. The van der Waals surface area contributed by atoms with Gasteiger partial charge in [0.25, 0.3) is 0 Å². The van der Waals surface area contributed by atoms with Gasteiger partial charge in [0.2, 0.25) is 5.78 Å². The Bertz CT molecular complexity index is 714. The molecule has 2 aromatic heterocycles. The van der Waals surface area contributed by atoms with E-state index in [0.29, 0.717) is 17.1 Å². The molecule has 3 N–H and O–H groups in total. The van der Waals surface area contributed by atoms with E-state index >= 15 is 0 Å². The largest absolute Gasteiger partial charge is 0.360 e. The quantitative estimate of drug-likeness (QED) is 0.707. The van der Waals surface area contributed by atoms with E-state index < -0.39 is 0 Å². The zero-order valence-electron chi connectivity index (χ0n) is 9.51. The van der Waals surface area contributed by atoms with Crippen LogP contribution in [0.5, 0.6) is 0 Å². The van der Waals surface area contributed by atoms with Crippen LogP contribution in [0.15, 0.2) is 35.8 Å². The lowest BCUT2D eigenvalue weighted by atomic mass is 10.1. The van der Waals surface area contributed by atoms with Crippen molar-refractivity contribution in [1.82, 2.24) is 9.97 Å². The number of carbonyl (C=O) groups excluding carboxylic acids is 1. The number of hydrogen-bond acceptors (Lipinski definition) is 4. The summed E-state index contributed by atoms with van der Waals surface area (Å²) in [4.78, 5) is 19.7. The Hall–Kier alpha value is -1.98. The van der Waals surface area contributed by atoms with E-state index in [1.165, 1.54) is 11.3 Å². The molecule has 0 saturated heterocycles. The van der Waals surface area contributed by atoms with Crippen LogP contribution in [0.2, 0.25) is 0 Å². The molecule has 0 unspecified atom stereocenters. The minimum atomic E-state index is -0.0582. The highest BCUT2D eigenvalue weighted by atomic mass is 32.1. The van der Waals surface area contributed by atoms with Crippen LogP contribution in [0.3, 0.4) is 0 Å². The van der Waals surface area contributed by atoms with Gasteiger partial charge in [0.05, 0.1) is 11.3 Å². The van der Waals surface area contributed by atoms with Crippen LogP contribution in [0, 0.1) is 0 Å². The van der Waals surface area contributed by atoms with Crippen LogP contribution in [0.1, 0.15) is 21.1 Å². The number of nitrogens with one attached hydrogen (secondary N) is 1. The highest BCUT2D eigenvalue weighted by Gasteiger charge is 2.16. The highest BCUT2D eigenvalue weighted by Crippen LogP contribution is 2.22. The van der Waals surface area contributed by atoms with Crippen molar-refractivity contribution in [3.63, 3.8) is 0 Å². The van der Waals surface area contributed by atoms with Gasteiger partial charge in [0, 0.05) is 29.0 Å². The van der Waals surface area contributed by atoms with E-state index in [1.807, 2.05) is 29.6 Å². The van der Waals surface area contributed by atoms with Gasteiger partial charge in [-0.3, -0.25) is 4.79 Å². The van der Waals surface area contributed by atoms with Gasteiger partial charge in [0.15, 0.2) is 5.01 Å². The maximum absolute atomic E-state index is 12.3. The Kier molecular flexibility index (Phi) is 2.70. The first-order valence-electron chi connectivity index (χ1n) is 5.55. The van der Waals surface area contributed by atoms with Gasteiger partial charge in [0.1, 0.15) is 0 Å². The number of carbonyl (C=O) groups is 1. The number of rotatable bonds is 3. The second-order valence-corrected chi connectivity index (χ2v) is 4.78. The minimum absolute atomic E-state index is 0.0582. The maximum Gasteiger partial charge on any atom is 0.223 e. The Morgan fingerprint density at radius 2 is 2.22 bits per heavy atom. The normalized spacial score (nSPS) is 10.9. The molecule has 4 nitrogen and oxygen atoms in total. The summed E-state index contributed by atoms with van der Waals surface area (Å²) in [6.45, 7) is 0.359. The fraction of sp³-hybridized carbons (Fsp3) is 0.0769. The third kappa shape index (κ3) is 1.73. The van der Waals surface area contributed by atoms with Crippen LogP contribution in [0.4, 0.5) is 0 Å². The summed E-state index contributed by atoms with van der Waals surface area (Å²) >= 11 is 1.33. The lowest BCUT2D eigenvalue weighted by Gasteiger charge is -1.94. The molecule has 3 rings (SSSR count). The highest BCUT2D eigenvalue weighted by molar-refractivity contribution is 7.12. The van der Waals surface area contributed by atoms with Crippen molar-refractivity contribution in [2.24, 2.45) is 5.73 Å². The monoisotopic (exact) mass is 257 g/mol. The van der Waals surface area contributed by atoms with Crippen molar-refractivity contribution in [3.8, 4) is 0 Å². The van der Waals surface area contributed by atoms with Crippen molar-refractivity contribution in [3.05, 3.63) is 52.1 Å². The first-order chi connectivity index (χ1) is 8.79. The molecule has 5 heteroatoms. The summed E-state index contributed by atoms with van der Waals surface area (Å²) in [6, 6.07) is 7.72. The van der Waals surface area contributed by atoms with Crippen molar-refractivity contribution >= 4 is 28.0 Å². The molecule has 0 radical (unpaired) electrons. The molecule has 0 bridgehead atoms. The van der Waals surface area contributed by atoms with Gasteiger partial charge in [-0.25, -0.2) is 4.98 Å². The van der Waals surface area contributed by atoms with Crippen LogP contribution < -0.4 is 5.73 Å². The number of thiazole rings is 1. The van der Waals surface area contributed by atoms with Crippen molar-refractivity contribution < 1.29 is 4.79 Å². The third-order valence-electron chi connectivity index (χ3n) is 2.79. The van der Waals surface area contributed by atoms with Crippen LogP contribution in [-0.2, 0) is 6.54 Å². The molecule has 0 spiro atoms. The summed E-state index contributed by atoms with van der Waals surface area (Å²) < 4.78 is 0. The van der Waals surface area contributed by atoms with Gasteiger partial charge in [-0.05, 0) is 6.07 Å². The van der Waals surface area contributed by atoms with Gasteiger partial charge >= 0.3 is 0 Å². The number of H-pyrrole nitrogens is 1. The van der Waals surface area contributed by atoms with E-state index in [2.05, 4.69) is 9.97 Å². The Labute approximate surface area is 107 Å². The Balaban J connectivity index is 2.06. The zero-order valence-corrected chi connectivity index (χ0v) is 10.3. The number of fused-ring (bicyclic) bond motifs is 1. The fourth-order valence-corrected chi connectivity index (χ4v) is 2.66. The molecule has 0 fully saturated rings. The average Bonchev–Trinajstić information content (AvgIpc) is 3.04. The fourth-order valence-electron chi connectivity index (χ4n) is 1.88. The molecule has 0 amide bonds. The molecule has 3 aromatic rings. The molecule has 0 aliphatic rings. The second kappa shape index (κ2) is 4.36. The lowest BCUT2D eigenvalue weighted by Crippen LogP contribution is -2.02. The summed E-state index contributed by atoms with van der Waals surface area (Å²) in [6.07, 6.45) is 1.73. The first kappa shape index (κ1) is 11.1. The van der Waals surface area contributed by atoms with Gasteiger partial charge in [-0.2, -0.15) is 0 Å². The van der Waals surface area contributed by atoms with Gasteiger partial charge in [-0.15, -0.1) is 11.3 Å². The molecular weight excluding hydrogens is 246 g/mol. The Morgan fingerprint density at radius 1 is 1.39 bits per heavy atom. The maximum atomic E-state index is 12.3. The Morgan fingerprint density at radius 3 is 3.00 bits per heavy atom.